The van der Waals surface area contributed by atoms with Gasteiger partial charge in [0, 0.05) is 36.5 Å². The molecule has 2 nitrogen and oxygen atoms in total. The molecular formula is C8H18INO. The minimum absolute atomic E-state index is 0.381. The molecule has 0 heterocycles. The highest BCUT2D eigenvalue weighted by Gasteiger charge is 2.10. The van der Waals surface area contributed by atoms with Crippen molar-refractivity contribution in [3.05, 3.63) is 0 Å². The second kappa shape index (κ2) is 6.20. The summed E-state index contributed by atoms with van der Waals surface area (Å²) in [7, 11) is 3.86. The molecule has 0 spiro atoms. The standard InChI is InChI=1S/C8H18INO/c1-7(8(2)11-4)5-6-10(3)9/h7-8H,5-6H2,1-4H3/t7-,8?/m0/s1. The van der Waals surface area contributed by atoms with Gasteiger partial charge in [-0.25, -0.2) is 0 Å². The molecule has 0 N–H and O–H groups in total. The largest absolute Gasteiger partial charge is 0.381 e. The molecule has 0 radical (unpaired) electrons. The summed E-state index contributed by atoms with van der Waals surface area (Å²) < 4.78 is 7.40. The molecule has 0 bridgehead atoms. The van der Waals surface area contributed by atoms with Gasteiger partial charge in [-0.15, -0.1) is 0 Å². The van der Waals surface area contributed by atoms with Crippen LogP contribution >= 0.6 is 22.9 Å². The number of hydrogen-bond donors (Lipinski definition) is 0. The van der Waals surface area contributed by atoms with Crippen LogP contribution in [0, 0.1) is 5.92 Å². The van der Waals surface area contributed by atoms with E-state index in [2.05, 4.69) is 46.9 Å². The van der Waals surface area contributed by atoms with E-state index < -0.39 is 0 Å². The Balaban J connectivity index is 3.43. The van der Waals surface area contributed by atoms with Crippen LogP contribution in [0.15, 0.2) is 0 Å². The second-order valence-electron chi connectivity index (χ2n) is 3.04. The normalized spacial score (nSPS) is 16.9. The van der Waals surface area contributed by atoms with Gasteiger partial charge in [0.05, 0.1) is 6.10 Å². The zero-order valence-electron chi connectivity index (χ0n) is 7.80. The zero-order valence-corrected chi connectivity index (χ0v) is 9.96. The van der Waals surface area contributed by atoms with Crippen molar-refractivity contribution < 1.29 is 4.74 Å². The summed E-state index contributed by atoms with van der Waals surface area (Å²) in [5.41, 5.74) is 0. The number of hydrogen-bond acceptors (Lipinski definition) is 2. The molecule has 0 aliphatic rings. The van der Waals surface area contributed by atoms with E-state index in [0.717, 1.165) is 6.54 Å². The van der Waals surface area contributed by atoms with Crippen LogP contribution in [0.5, 0.6) is 0 Å². The first-order chi connectivity index (χ1) is 5.07. The predicted molar refractivity (Wildman–Crippen MR) is 56.9 cm³/mol. The molecule has 0 aromatic carbocycles. The Morgan fingerprint density at radius 2 is 2.00 bits per heavy atom. The number of ether oxygens (including phenoxy) is 1. The smallest absolute Gasteiger partial charge is 0.0569 e. The summed E-state index contributed by atoms with van der Waals surface area (Å²) in [5.74, 6) is 0.650. The van der Waals surface area contributed by atoms with Crippen LogP contribution in [0.25, 0.3) is 0 Å². The third-order valence-electron chi connectivity index (χ3n) is 2.07. The van der Waals surface area contributed by atoms with Gasteiger partial charge in [-0.3, -0.25) is 3.11 Å². The molecule has 0 saturated heterocycles. The minimum Gasteiger partial charge on any atom is -0.381 e. The van der Waals surface area contributed by atoms with Gasteiger partial charge in [0.25, 0.3) is 0 Å². The van der Waals surface area contributed by atoms with Gasteiger partial charge in [-0.05, 0) is 26.3 Å². The minimum atomic E-state index is 0.381. The van der Waals surface area contributed by atoms with Crippen LogP contribution in [0.4, 0.5) is 0 Å². The average molecular weight is 271 g/mol. The second-order valence-corrected chi connectivity index (χ2v) is 4.68. The highest BCUT2D eigenvalue weighted by Crippen LogP contribution is 2.11. The van der Waals surface area contributed by atoms with Crippen molar-refractivity contribution in [1.29, 1.82) is 0 Å². The van der Waals surface area contributed by atoms with Crippen molar-refractivity contribution in [2.24, 2.45) is 5.92 Å². The quantitative estimate of drug-likeness (QED) is 0.562. The van der Waals surface area contributed by atoms with Crippen LogP contribution in [-0.4, -0.2) is 29.9 Å². The van der Waals surface area contributed by atoms with Crippen molar-refractivity contribution in [3.63, 3.8) is 0 Å². The molecule has 0 amide bonds. The van der Waals surface area contributed by atoms with Gasteiger partial charge in [-0.2, -0.15) is 0 Å². The highest BCUT2D eigenvalue weighted by atomic mass is 127. The van der Waals surface area contributed by atoms with Crippen molar-refractivity contribution >= 4 is 22.9 Å². The third-order valence-corrected chi connectivity index (χ3v) is 2.55. The van der Waals surface area contributed by atoms with Crippen LogP contribution in [-0.2, 0) is 4.74 Å². The molecule has 0 fully saturated rings. The molecule has 0 aromatic heterocycles. The van der Waals surface area contributed by atoms with Gasteiger partial charge in [0.2, 0.25) is 0 Å². The van der Waals surface area contributed by atoms with Crippen molar-refractivity contribution in [2.45, 2.75) is 26.4 Å². The van der Waals surface area contributed by atoms with Gasteiger partial charge >= 0.3 is 0 Å². The van der Waals surface area contributed by atoms with Gasteiger partial charge in [0.15, 0.2) is 0 Å². The maximum atomic E-state index is 5.22. The number of methoxy groups -OCH3 is 1. The highest BCUT2D eigenvalue weighted by molar-refractivity contribution is 14.1. The molecule has 0 aliphatic carbocycles. The Bertz CT molecular complexity index is 98.1. The van der Waals surface area contributed by atoms with Crippen LogP contribution in [0.2, 0.25) is 0 Å². The molecule has 0 saturated carbocycles. The van der Waals surface area contributed by atoms with E-state index in [1.54, 1.807) is 7.11 Å². The Kier molecular flexibility index (Phi) is 6.56. The van der Waals surface area contributed by atoms with Gasteiger partial charge < -0.3 is 4.74 Å². The first kappa shape index (κ1) is 11.6. The molecule has 0 aromatic rings. The number of rotatable bonds is 5. The fourth-order valence-corrected chi connectivity index (χ4v) is 1.13. The Labute approximate surface area is 83.8 Å². The zero-order chi connectivity index (χ0) is 8.85. The first-order valence-corrected chi connectivity index (χ1v) is 4.94. The van der Waals surface area contributed by atoms with E-state index in [1.165, 1.54) is 6.42 Å². The lowest BCUT2D eigenvalue weighted by molar-refractivity contribution is 0.0694. The molecule has 68 valence electrons. The molecule has 11 heavy (non-hydrogen) atoms. The van der Waals surface area contributed by atoms with Crippen LogP contribution in [0.3, 0.4) is 0 Å². The molecule has 1 unspecified atom stereocenters. The lowest BCUT2D eigenvalue weighted by Gasteiger charge is -2.19. The topological polar surface area (TPSA) is 12.5 Å². The maximum absolute atomic E-state index is 5.22. The van der Waals surface area contributed by atoms with E-state index in [9.17, 15) is 0 Å². The SMILES string of the molecule is COC(C)[C@@H](C)CCN(C)I. The predicted octanol–water partition coefficient (Wildman–Crippen LogP) is 2.33. The molecule has 0 rings (SSSR count). The monoisotopic (exact) mass is 271 g/mol. The fraction of sp³-hybridized carbons (Fsp3) is 1.00. The summed E-state index contributed by atoms with van der Waals surface area (Å²) in [6.45, 7) is 5.49. The summed E-state index contributed by atoms with van der Waals surface area (Å²) in [6, 6.07) is 0. The number of nitrogens with zero attached hydrogens (tertiary/aromatic N) is 1. The molecular weight excluding hydrogens is 253 g/mol. The number of halogens is 1. The van der Waals surface area contributed by atoms with Crippen molar-refractivity contribution in [3.8, 4) is 0 Å². The fourth-order valence-electron chi connectivity index (χ4n) is 0.849. The molecule has 2 atom stereocenters. The van der Waals surface area contributed by atoms with Crippen LogP contribution in [0.1, 0.15) is 20.3 Å². The summed E-state index contributed by atoms with van der Waals surface area (Å²) in [5, 5.41) is 0. The van der Waals surface area contributed by atoms with Gasteiger partial charge in [0.1, 0.15) is 0 Å². The van der Waals surface area contributed by atoms with Gasteiger partial charge in [-0.1, -0.05) is 6.92 Å². The Hall–Kier alpha value is 0.650. The lowest BCUT2D eigenvalue weighted by atomic mass is 10.0. The third kappa shape index (κ3) is 5.87. The van der Waals surface area contributed by atoms with E-state index in [0.29, 0.717) is 12.0 Å². The Morgan fingerprint density at radius 1 is 1.45 bits per heavy atom. The Morgan fingerprint density at radius 3 is 2.36 bits per heavy atom. The maximum Gasteiger partial charge on any atom is 0.0569 e. The van der Waals surface area contributed by atoms with E-state index >= 15 is 0 Å². The first-order valence-electron chi connectivity index (χ1n) is 3.97. The summed E-state index contributed by atoms with van der Waals surface area (Å²) >= 11 is 2.30. The molecule has 3 heteroatoms. The van der Waals surface area contributed by atoms with Crippen molar-refractivity contribution in [2.75, 3.05) is 20.7 Å². The summed E-state index contributed by atoms with van der Waals surface area (Å²) in [6.07, 6.45) is 1.58. The average Bonchev–Trinajstić information content (AvgIpc) is 1.98. The molecule has 0 aliphatic heterocycles. The van der Waals surface area contributed by atoms with E-state index in [4.69, 9.17) is 4.74 Å². The van der Waals surface area contributed by atoms with Crippen molar-refractivity contribution in [1.82, 2.24) is 3.11 Å². The van der Waals surface area contributed by atoms with Crippen LogP contribution < -0.4 is 0 Å². The summed E-state index contributed by atoms with van der Waals surface area (Å²) in [4.78, 5) is 0. The lowest BCUT2D eigenvalue weighted by Crippen LogP contribution is -2.20. The van der Waals surface area contributed by atoms with E-state index in [-0.39, 0.29) is 0 Å². The van der Waals surface area contributed by atoms with E-state index in [1.807, 2.05) is 0 Å².